The van der Waals surface area contributed by atoms with E-state index in [4.69, 9.17) is 4.74 Å². The molecule has 27 heavy (non-hydrogen) atoms. The smallest absolute Gasteiger partial charge is 0.315 e. The van der Waals surface area contributed by atoms with Crippen LogP contribution < -0.4 is 4.74 Å². The molecule has 0 bridgehead atoms. The van der Waals surface area contributed by atoms with Crippen molar-refractivity contribution in [3.63, 3.8) is 0 Å². The zero-order valence-electron chi connectivity index (χ0n) is 14.5. The predicted octanol–water partition coefficient (Wildman–Crippen LogP) is 3.83. The first-order valence-electron chi connectivity index (χ1n) is 8.20. The number of aromatic nitrogens is 2. The predicted molar refractivity (Wildman–Crippen MR) is 93.6 cm³/mol. The third kappa shape index (κ3) is 4.66. The number of halogens is 2. The van der Waals surface area contributed by atoms with Crippen molar-refractivity contribution in [1.82, 2.24) is 15.0 Å². The number of likely N-dealkylation sites (N-methyl/N-ethyl adjacent to an activating group) is 1. The van der Waals surface area contributed by atoms with Gasteiger partial charge in [0.25, 0.3) is 11.8 Å². The molecule has 0 aliphatic carbocycles. The van der Waals surface area contributed by atoms with Gasteiger partial charge in [-0.25, -0.2) is 0 Å². The molecule has 1 aromatic heterocycles. The quantitative estimate of drug-likeness (QED) is 0.630. The van der Waals surface area contributed by atoms with Crippen molar-refractivity contribution in [2.24, 2.45) is 0 Å². The summed E-state index contributed by atoms with van der Waals surface area (Å²) in [6, 6.07) is 15.7. The van der Waals surface area contributed by atoms with E-state index in [9.17, 15) is 13.6 Å². The molecule has 1 heterocycles. The standard InChI is InChI=1S/C19H17F2N3O3/c1-24(11-12-26-15-5-3-2-4-6-15)19(25)14-9-7-13(8-10-14)17-22-18(16(20)21)27-23-17/h2-10,16H,11-12H2,1H3. The summed E-state index contributed by atoms with van der Waals surface area (Å²) in [5.41, 5.74) is 0.941. The molecule has 3 rings (SSSR count). The SMILES string of the molecule is CN(CCOc1ccccc1)C(=O)c1ccc(-c2noc(C(F)F)n2)cc1. The Morgan fingerprint density at radius 2 is 1.85 bits per heavy atom. The fraction of sp³-hybridized carbons (Fsp3) is 0.211. The van der Waals surface area contributed by atoms with Crippen molar-refractivity contribution in [3.8, 4) is 17.1 Å². The lowest BCUT2D eigenvalue weighted by atomic mass is 10.1. The van der Waals surface area contributed by atoms with Crippen LogP contribution in [0.5, 0.6) is 5.75 Å². The van der Waals surface area contributed by atoms with E-state index in [1.165, 1.54) is 0 Å². The second-order valence-electron chi connectivity index (χ2n) is 5.72. The van der Waals surface area contributed by atoms with Crippen molar-refractivity contribution in [2.45, 2.75) is 6.43 Å². The van der Waals surface area contributed by atoms with Crippen LogP contribution in [0.3, 0.4) is 0 Å². The number of rotatable bonds is 7. The number of benzene rings is 2. The van der Waals surface area contributed by atoms with Crippen LogP contribution in [-0.4, -0.2) is 41.1 Å². The number of carbonyl (C=O) groups excluding carboxylic acids is 1. The Kier molecular flexibility index (Phi) is 5.75. The fourth-order valence-electron chi connectivity index (χ4n) is 2.34. The van der Waals surface area contributed by atoms with Gasteiger partial charge in [0.2, 0.25) is 5.82 Å². The molecule has 3 aromatic rings. The van der Waals surface area contributed by atoms with E-state index in [-0.39, 0.29) is 11.7 Å². The van der Waals surface area contributed by atoms with Gasteiger partial charge in [-0.15, -0.1) is 0 Å². The number of hydrogen-bond acceptors (Lipinski definition) is 5. The minimum Gasteiger partial charge on any atom is -0.492 e. The summed E-state index contributed by atoms with van der Waals surface area (Å²) in [5, 5.41) is 3.51. The molecule has 0 radical (unpaired) electrons. The van der Waals surface area contributed by atoms with Crippen LogP contribution in [0.25, 0.3) is 11.4 Å². The Morgan fingerprint density at radius 3 is 2.48 bits per heavy atom. The summed E-state index contributed by atoms with van der Waals surface area (Å²) in [5.74, 6) is -0.122. The van der Waals surface area contributed by atoms with E-state index in [2.05, 4.69) is 14.7 Å². The molecule has 0 aliphatic heterocycles. The molecule has 2 aromatic carbocycles. The maximum Gasteiger partial charge on any atom is 0.315 e. The first-order valence-corrected chi connectivity index (χ1v) is 8.20. The van der Waals surface area contributed by atoms with Crippen molar-refractivity contribution in [2.75, 3.05) is 20.2 Å². The number of hydrogen-bond donors (Lipinski definition) is 0. The topological polar surface area (TPSA) is 68.5 Å². The van der Waals surface area contributed by atoms with Crippen LogP contribution in [-0.2, 0) is 0 Å². The second-order valence-corrected chi connectivity index (χ2v) is 5.72. The summed E-state index contributed by atoms with van der Waals surface area (Å²) in [4.78, 5) is 17.6. The first kappa shape index (κ1) is 18.5. The molecule has 6 nitrogen and oxygen atoms in total. The van der Waals surface area contributed by atoms with E-state index in [1.807, 2.05) is 30.3 Å². The molecule has 0 fully saturated rings. The van der Waals surface area contributed by atoms with Gasteiger partial charge >= 0.3 is 6.43 Å². The van der Waals surface area contributed by atoms with E-state index >= 15 is 0 Å². The highest BCUT2D eigenvalue weighted by atomic mass is 19.3. The Labute approximate surface area is 154 Å². The van der Waals surface area contributed by atoms with E-state index in [0.29, 0.717) is 24.3 Å². The maximum absolute atomic E-state index is 12.5. The van der Waals surface area contributed by atoms with Gasteiger partial charge in [0, 0.05) is 18.2 Å². The summed E-state index contributed by atoms with van der Waals surface area (Å²) >= 11 is 0. The Bertz CT molecular complexity index is 883. The third-order valence-corrected chi connectivity index (χ3v) is 3.80. The summed E-state index contributed by atoms with van der Waals surface area (Å²) in [7, 11) is 1.68. The molecule has 0 N–H and O–H groups in total. The van der Waals surface area contributed by atoms with Gasteiger partial charge in [-0.3, -0.25) is 4.79 Å². The van der Waals surface area contributed by atoms with Crippen molar-refractivity contribution in [3.05, 3.63) is 66.1 Å². The van der Waals surface area contributed by atoms with Crippen LogP contribution in [0.1, 0.15) is 22.7 Å². The average molecular weight is 373 g/mol. The summed E-state index contributed by atoms with van der Waals surface area (Å²) in [6.07, 6.45) is -2.82. The highest BCUT2D eigenvalue weighted by molar-refractivity contribution is 5.94. The number of carbonyl (C=O) groups is 1. The lowest BCUT2D eigenvalue weighted by Crippen LogP contribution is -2.30. The molecule has 140 valence electrons. The fourth-order valence-corrected chi connectivity index (χ4v) is 2.34. The third-order valence-electron chi connectivity index (χ3n) is 3.80. The largest absolute Gasteiger partial charge is 0.492 e. The first-order chi connectivity index (χ1) is 13.0. The van der Waals surface area contributed by atoms with Crippen molar-refractivity contribution < 1.29 is 22.8 Å². The van der Waals surface area contributed by atoms with Gasteiger partial charge in [0.1, 0.15) is 12.4 Å². The van der Waals surface area contributed by atoms with E-state index in [0.717, 1.165) is 5.75 Å². The Morgan fingerprint density at radius 1 is 1.15 bits per heavy atom. The van der Waals surface area contributed by atoms with Gasteiger partial charge in [-0.1, -0.05) is 35.5 Å². The van der Waals surface area contributed by atoms with E-state index in [1.54, 1.807) is 36.2 Å². The zero-order valence-corrected chi connectivity index (χ0v) is 14.5. The van der Waals surface area contributed by atoms with Crippen LogP contribution in [0.4, 0.5) is 8.78 Å². The normalized spacial score (nSPS) is 10.8. The summed E-state index contributed by atoms with van der Waals surface area (Å²) in [6.45, 7) is 0.779. The number of ether oxygens (including phenoxy) is 1. The van der Waals surface area contributed by atoms with E-state index < -0.39 is 12.3 Å². The van der Waals surface area contributed by atoms with Gasteiger partial charge in [0.15, 0.2) is 0 Å². The van der Waals surface area contributed by atoms with Crippen LogP contribution >= 0.6 is 0 Å². The average Bonchev–Trinajstić information content (AvgIpc) is 3.19. The van der Waals surface area contributed by atoms with Gasteiger partial charge < -0.3 is 14.2 Å². The molecule has 8 heteroatoms. The molecule has 1 amide bonds. The molecular formula is C19H17F2N3O3. The van der Waals surface area contributed by atoms with Crippen LogP contribution in [0, 0.1) is 0 Å². The van der Waals surface area contributed by atoms with Crippen molar-refractivity contribution in [1.29, 1.82) is 0 Å². The minimum atomic E-state index is -2.82. The van der Waals surface area contributed by atoms with Gasteiger partial charge in [-0.05, 0) is 24.3 Å². The highest BCUT2D eigenvalue weighted by Gasteiger charge is 2.18. The molecule has 0 saturated carbocycles. The number of amides is 1. The number of para-hydroxylation sites is 1. The molecular weight excluding hydrogens is 356 g/mol. The molecule has 0 unspecified atom stereocenters. The zero-order chi connectivity index (χ0) is 19.2. The molecule has 0 atom stereocenters. The molecule has 0 spiro atoms. The number of nitrogens with zero attached hydrogens (tertiary/aromatic N) is 3. The minimum absolute atomic E-state index is 0.0499. The van der Waals surface area contributed by atoms with Gasteiger partial charge in [-0.2, -0.15) is 13.8 Å². The van der Waals surface area contributed by atoms with Crippen LogP contribution in [0.2, 0.25) is 0 Å². The Hall–Kier alpha value is -3.29. The lowest BCUT2D eigenvalue weighted by molar-refractivity contribution is 0.0773. The lowest BCUT2D eigenvalue weighted by Gasteiger charge is -2.17. The van der Waals surface area contributed by atoms with Crippen LogP contribution in [0.15, 0.2) is 59.1 Å². The second kappa shape index (κ2) is 8.39. The molecule has 0 aliphatic rings. The molecule has 0 saturated heterocycles. The summed E-state index contributed by atoms with van der Waals surface area (Å²) < 4.78 is 35.1. The maximum atomic E-state index is 12.5. The van der Waals surface area contributed by atoms with Crippen molar-refractivity contribution >= 4 is 5.91 Å². The monoisotopic (exact) mass is 373 g/mol. The number of alkyl halides is 2. The van der Waals surface area contributed by atoms with Gasteiger partial charge in [0.05, 0.1) is 6.54 Å². The Balaban J connectivity index is 1.57. The highest BCUT2D eigenvalue weighted by Crippen LogP contribution is 2.22.